The Morgan fingerprint density at radius 2 is 1.96 bits per heavy atom. The van der Waals surface area contributed by atoms with Crippen LogP contribution in [0.15, 0.2) is 34.3 Å². The number of thioether (sulfide) groups is 1. The van der Waals surface area contributed by atoms with E-state index in [0.717, 1.165) is 15.7 Å². The molecule has 0 saturated carbocycles. The van der Waals surface area contributed by atoms with Crippen LogP contribution in [0, 0.1) is 13.8 Å². The van der Waals surface area contributed by atoms with E-state index in [2.05, 4.69) is 20.5 Å². The Kier molecular flexibility index (Phi) is 6.57. The second-order valence-electron chi connectivity index (χ2n) is 5.48. The number of aryl methyl sites for hydroxylation is 2. The molecule has 0 unspecified atom stereocenters. The molecule has 1 aromatic heterocycles. The van der Waals surface area contributed by atoms with Crippen LogP contribution in [0.25, 0.3) is 0 Å². The van der Waals surface area contributed by atoms with Crippen molar-refractivity contribution in [3.05, 3.63) is 35.7 Å². The molecular weight excluding hydrogens is 362 g/mol. The number of carbonyl (C=O) groups excluding carboxylic acids is 1. The molecular formula is C15H21N5O3S2. The molecule has 1 aromatic carbocycles. The molecule has 0 atom stereocenters. The number of likely N-dealkylation sites (N-methyl/N-ethyl adjacent to an activating group) is 1. The maximum absolute atomic E-state index is 12.4. The van der Waals surface area contributed by atoms with Gasteiger partial charge in [0.15, 0.2) is 0 Å². The number of aromatic nitrogens is 3. The summed E-state index contributed by atoms with van der Waals surface area (Å²) in [4.78, 5) is 16.3. The van der Waals surface area contributed by atoms with Crippen molar-refractivity contribution in [2.24, 2.45) is 0 Å². The SMILES string of the molecule is Cc1ccc(S(=O)(=O)N(C)CC(=O)NCCSc2n[nH]c(C)n2)cc1. The highest BCUT2D eigenvalue weighted by Gasteiger charge is 2.22. The van der Waals surface area contributed by atoms with E-state index >= 15 is 0 Å². The second kappa shape index (κ2) is 8.45. The first-order valence-electron chi connectivity index (χ1n) is 7.60. The number of carbonyl (C=O) groups is 1. The molecule has 2 N–H and O–H groups in total. The number of aromatic amines is 1. The van der Waals surface area contributed by atoms with Gasteiger partial charge in [-0.1, -0.05) is 29.5 Å². The number of hydrogen-bond donors (Lipinski definition) is 2. The lowest BCUT2D eigenvalue weighted by Crippen LogP contribution is -2.39. The van der Waals surface area contributed by atoms with Crippen molar-refractivity contribution in [3.63, 3.8) is 0 Å². The van der Waals surface area contributed by atoms with Crippen molar-refractivity contribution in [2.75, 3.05) is 25.9 Å². The third-order valence-electron chi connectivity index (χ3n) is 3.33. The molecule has 0 radical (unpaired) electrons. The van der Waals surface area contributed by atoms with Gasteiger partial charge >= 0.3 is 0 Å². The predicted molar refractivity (Wildman–Crippen MR) is 95.8 cm³/mol. The number of benzene rings is 1. The van der Waals surface area contributed by atoms with Crippen LogP contribution < -0.4 is 5.32 Å². The molecule has 0 aliphatic heterocycles. The molecule has 0 aliphatic carbocycles. The van der Waals surface area contributed by atoms with E-state index < -0.39 is 10.0 Å². The molecule has 1 heterocycles. The summed E-state index contributed by atoms with van der Waals surface area (Å²) in [7, 11) is -2.29. The van der Waals surface area contributed by atoms with Crippen LogP contribution in [0.5, 0.6) is 0 Å². The van der Waals surface area contributed by atoms with Crippen LogP contribution in [-0.2, 0) is 14.8 Å². The number of H-pyrrole nitrogens is 1. The van der Waals surface area contributed by atoms with Crippen molar-refractivity contribution >= 4 is 27.7 Å². The second-order valence-corrected chi connectivity index (χ2v) is 8.58. The molecule has 10 heteroatoms. The van der Waals surface area contributed by atoms with E-state index in [0.29, 0.717) is 17.5 Å². The fraction of sp³-hybridized carbons (Fsp3) is 0.400. The average molecular weight is 383 g/mol. The monoisotopic (exact) mass is 383 g/mol. The van der Waals surface area contributed by atoms with E-state index in [4.69, 9.17) is 0 Å². The van der Waals surface area contributed by atoms with Crippen molar-refractivity contribution in [1.82, 2.24) is 24.8 Å². The van der Waals surface area contributed by atoms with Crippen LogP contribution in [0.1, 0.15) is 11.4 Å². The topological polar surface area (TPSA) is 108 Å². The summed E-state index contributed by atoms with van der Waals surface area (Å²) in [6, 6.07) is 6.52. The minimum atomic E-state index is -3.68. The number of amides is 1. The van der Waals surface area contributed by atoms with Gasteiger partial charge in [0, 0.05) is 19.3 Å². The number of rotatable bonds is 8. The molecule has 2 aromatic rings. The Labute approximate surface area is 151 Å². The fourth-order valence-electron chi connectivity index (χ4n) is 1.95. The molecule has 2 rings (SSSR count). The van der Waals surface area contributed by atoms with Gasteiger partial charge in [0.05, 0.1) is 11.4 Å². The average Bonchev–Trinajstić information content (AvgIpc) is 2.97. The van der Waals surface area contributed by atoms with Gasteiger partial charge in [-0.2, -0.15) is 4.31 Å². The van der Waals surface area contributed by atoms with Crippen LogP contribution in [0.3, 0.4) is 0 Å². The van der Waals surface area contributed by atoms with Gasteiger partial charge in [-0.25, -0.2) is 13.4 Å². The Balaban J connectivity index is 1.79. The summed E-state index contributed by atoms with van der Waals surface area (Å²) < 4.78 is 25.9. The largest absolute Gasteiger partial charge is 0.354 e. The standard InChI is InChI=1S/C15H21N5O3S2/c1-11-4-6-13(7-5-11)25(22,23)20(3)10-14(21)16-8-9-24-15-17-12(2)18-19-15/h4-7H,8-10H2,1-3H3,(H,16,21)(H,17,18,19). The zero-order valence-electron chi connectivity index (χ0n) is 14.3. The Morgan fingerprint density at radius 3 is 2.56 bits per heavy atom. The minimum Gasteiger partial charge on any atom is -0.354 e. The summed E-state index contributed by atoms with van der Waals surface area (Å²) in [5, 5.41) is 10.0. The zero-order chi connectivity index (χ0) is 18.4. The summed E-state index contributed by atoms with van der Waals surface area (Å²) in [5.74, 6) is 0.969. The summed E-state index contributed by atoms with van der Waals surface area (Å²) in [6.45, 7) is 3.85. The molecule has 136 valence electrons. The van der Waals surface area contributed by atoms with Gasteiger partial charge in [0.25, 0.3) is 0 Å². The quantitative estimate of drug-likeness (QED) is 0.519. The van der Waals surface area contributed by atoms with Crippen LogP contribution in [0.4, 0.5) is 0 Å². The third-order valence-corrected chi connectivity index (χ3v) is 5.99. The van der Waals surface area contributed by atoms with E-state index in [1.807, 2.05) is 13.8 Å². The fourth-order valence-corrected chi connectivity index (χ4v) is 3.78. The molecule has 0 spiro atoms. The summed E-state index contributed by atoms with van der Waals surface area (Å²) >= 11 is 1.41. The van der Waals surface area contributed by atoms with Crippen molar-refractivity contribution in [1.29, 1.82) is 0 Å². The molecule has 25 heavy (non-hydrogen) atoms. The van der Waals surface area contributed by atoms with Gasteiger partial charge in [0.2, 0.25) is 21.1 Å². The molecule has 1 amide bonds. The lowest BCUT2D eigenvalue weighted by atomic mass is 10.2. The minimum absolute atomic E-state index is 0.170. The normalized spacial score (nSPS) is 11.7. The Hall–Kier alpha value is -1.91. The smallest absolute Gasteiger partial charge is 0.243 e. The van der Waals surface area contributed by atoms with E-state index in [1.165, 1.54) is 30.9 Å². The van der Waals surface area contributed by atoms with Gasteiger partial charge in [-0.05, 0) is 26.0 Å². The molecule has 0 aliphatic rings. The van der Waals surface area contributed by atoms with Crippen molar-refractivity contribution in [3.8, 4) is 0 Å². The van der Waals surface area contributed by atoms with Gasteiger partial charge in [-0.3, -0.25) is 9.89 Å². The highest BCUT2D eigenvalue weighted by Crippen LogP contribution is 2.14. The highest BCUT2D eigenvalue weighted by atomic mass is 32.2. The number of nitrogens with one attached hydrogen (secondary N) is 2. The summed E-state index contributed by atoms with van der Waals surface area (Å²) in [5.41, 5.74) is 0.971. The Bertz CT molecular complexity index is 818. The third kappa shape index (κ3) is 5.55. The molecule has 8 nitrogen and oxygen atoms in total. The van der Waals surface area contributed by atoms with Crippen LogP contribution in [-0.4, -0.2) is 59.7 Å². The van der Waals surface area contributed by atoms with Gasteiger partial charge in [-0.15, -0.1) is 5.10 Å². The summed E-state index contributed by atoms with van der Waals surface area (Å²) in [6.07, 6.45) is 0. The van der Waals surface area contributed by atoms with Crippen LogP contribution in [0.2, 0.25) is 0 Å². The maximum atomic E-state index is 12.4. The maximum Gasteiger partial charge on any atom is 0.243 e. The zero-order valence-corrected chi connectivity index (χ0v) is 15.9. The number of hydrogen-bond acceptors (Lipinski definition) is 6. The number of sulfonamides is 1. The first kappa shape index (κ1) is 19.4. The van der Waals surface area contributed by atoms with Crippen LogP contribution >= 0.6 is 11.8 Å². The lowest BCUT2D eigenvalue weighted by molar-refractivity contribution is -0.121. The first-order chi connectivity index (χ1) is 11.8. The molecule has 0 fully saturated rings. The molecule has 0 saturated heterocycles. The Morgan fingerprint density at radius 1 is 1.28 bits per heavy atom. The van der Waals surface area contributed by atoms with Gasteiger partial charge in [0.1, 0.15) is 5.82 Å². The van der Waals surface area contributed by atoms with Crippen molar-refractivity contribution in [2.45, 2.75) is 23.9 Å². The first-order valence-corrected chi connectivity index (χ1v) is 10.0. The van der Waals surface area contributed by atoms with E-state index in [9.17, 15) is 13.2 Å². The number of nitrogens with zero attached hydrogens (tertiary/aromatic N) is 3. The highest BCUT2D eigenvalue weighted by molar-refractivity contribution is 7.99. The predicted octanol–water partition coefficient (Wildman–Crippen LogP) is 0.951. The van der Waals surface area contributed by atoms with E-state index in [1.54, 1.807) is 12.1 Å². The van der Waals surface area contributed by atoms with Crippen molar-refractivity contribution < 1.29 is 13.2 Å². The van der Waals surface area contributed by atoms with E-state index in [-0.39, 0.29) is 17.3 Å². The molecule has 0 bridgehead atoms. The lowest BCUT2D eigenvalue weighted by Gasteiger charge is -2.17. The van der Waals surface area contributed by atoms with Gasteiger partial charge < -0.3 is 5.32 Å².